The molecule has 0 saturated heterocycles. The highest BCUT2D eigenvalue weighted by Crippen LogP contribution is 2.28. The summed E-state index contributed by atoms with van der Waals surface area (Å²) in [5, 5.41) is 2.72. The molecule has 1 atom stereocenters. The van der Waals surface area contributed by atoms with Crippen LogP contribution < -0.4 is 10.1 Å². The minimum Gasteiger partial charge on any atom is -0.463 e. The van der Waals surface area contributed by atoms with Crippen LogP contribution in [0.3, 0.4) is 0 Å². The molecule has 0 spiro atoms. The van der Waals surface area contributed by atoms with Crippen LogP contribution in [0.25, 0.3) is 0 Å². The summed E-state index contributed by atoms with van der Waals surface area (Å²) in [6.45, 7) is 0. The maximum absolute atomic E-state index is 11.8. The van der Waals surface area contributed by atoms with Crippen molar-refractivity contribution < 1.29 is 13.9 Å². The summed E-state index contributed by atoms with van der Waals surface area (Å²) in [7, 11) is 0. The molecule has 2 aromatic rings. The van der Waals surface area contributed by atoms with Gasteiger partial charge in [-0.25, -0.2) is 0 Å². The van der Waals surface area contributed by atoms with Crippen molar-refractivity contribution in [3.63, 3.8) is 0 Å². The lowest BCUT2D eigenvalue weighted by Crippen LogP contribution is -2.36. The first-order valence-corrected chi connectivity index (χ1v) is 4.94. The Bertz CT molecular complexity index is 519. The maximum Gasteiger partial charge on any atom is 0.258 e. The van der Waals surface area contributed by atoms with E-state index in [9.17, 15) is 4.79 Å². The van der Waals surface area contributed by atoms with Crippen LogP contribution in [0.2, 0.25) is 0 Å². The number of amides is 1. The topological polar surface area (TPSA) is 51.5 Å². The van der Waals surface area contributed by atoms with Crippen molar-refractivity contribution in [3.8, 4) is 5.75 Å². The molecule has 4 heteroatoms. The van der Waals surface area contributed by atoms with E-state index < -0.39 is 6.23 Å². The maximum atomic E-state index is 11.8. The van der Waals surface area contributed by atoms with Crippen LogP contribution in [0, 0.1) is 0 Å². The van der Waals surface area contributed by atoms with Gasteiger partial charge >= 0.3 is 0 Å². The third kappa shape index (κ3) is 1.35. The van der Waals surface area contributed by atoms with Crippen LogP contribution in [0.5, 0.6) is 5.75 Å². The van der Waals surface area contributed by atoms with E-state index in [2.05, 4.69) is 5.32 Å². The zero-order valence-corrected chi connectivity index (χ0v) is 8.34. The number of benzene rings is 1. The van der Waals surface area contributed by atoms with Gasteiger partial charge in [-0.1, -0.05) is 12.1 Å². The van der Waals surface area contributed by atoms with Crippen molar-refractivity contribution >= 4 is 5.91 Å². The zero-order valence-electron chi connectivity index (χ0n) is 8.34. The first-order valence-electron chi connectivity index (χ1n) is 4.94. The molecule has 0 saturated carbocycles. The largest absolute Gasteiger partial charge is 0.463 e. The second-order valence-corrected chi connectivity index (χ2v) is 3.48. The zero-order chi connectivity index (χ0) is 11.0. The predicted molar refractivity (Wildman–Crippen MR) is 56.0 cm³/mol. The molecule has 1 unspecified atom stereocenters. The number of para-hydroxylation sites is 1. The lowest BCUT2D eigenvalue weighted by atomic mass is 10.1. The van der Waals surface area contributed by atoms with Crippen molar-refractivity contribution in [1.29, 1.82) is 0 Å². The molecule has 0 bridgehead atoms. The smallest absolute Gasteiger partial charge is 0.258 e. The van der Waals surface area contributed by atoms with Crippen molar-refractivity contribution in [2.24, 2.45) is 0 Å². The van der Waals surface area contributed by atoms with Crippen LogP contribution in [-0.4, -0.2) is 5.91 Å². The average Bonchev–Trinajstić information content (AvgIpc) is 2.82. The Kier molecular flexibility index (Phi) is 1.93. The fourth-order valence-electron chi connectivity index (χ4n) is 1.68. The Morgan fingerprint density at radius 1 is 1.12 bits per heavy atom. The number of hydrogen-bond donors (Lipinski definition) is 1. The van der Waals surface area contributed by atoms with Crippen molar-refractivity contribution in [2.75, 3.05) is 0 Å². The number of carbonyl (C=O) groups is 1. The Balaban J connectivity index is 1.98. The summed E-state index contributed by atoms with van der Waals surface area (Å²) in [6.07, 6.45) is 1.00. The number of fused-ring (bicyclic) bond motifs is 1. The van der Waals surface area contributed by atoms with Crippen molar-refractivity contribution in [2.45, 2.75) is 6.23 Å². The van der Waals surface area contributed by atoms with Crippen molar-refractivity contribution in [3.05, 3.63) is 54.0 Å². The SMILES string of the molecule is O=C1NC(c2ccco2)Oc2ccccc21. The number of furan rings is 1. The summed E-state index contributed by atoms with van der Waals surface area (Å²) in [5.41, 5.74) is 0.547. The standard InChI is InChI=1S/C12H9NO3/c14-11-8-4-1-2-5-9(8)16-12(13-11)10-6-3-7-15-10/h1-7,12H,(H,13,14). The minimum atomic E-state index is -0.544. The molecule has 0 aliphatic carbocycles. The monoisotopic (exact) mass is 215 g/mol. The van der Waals surface area contributed by atoms with Gasteiger partial charge in [0.2, 0.25) is 6.23 Å². The fraction of sp³-hybridized carbons (Fsp3) is 0.0833. The highest BCUT2D eigenvalue weighted by atomic mass is 16.5. The van der Waals surface area contributed by atoms with Crippen molar-refractivity contribution in [1.82, 2.24) is 5.32 Å². The average molecular weight is 215 g/mol. The summed E-state index contributed by atoms with van der Waals surface area (Å²) in [6, 6.07) is 10.6. The van der Waals surface area contributed by atoms with Gasteiger partial charge in [-0.3, -0.25) is 4.79 Å². The van der Waals surface area contributed by atoms with E-state index in [4.69, 9.17) is 9.15 Å². The summed E-state index contributed by atoms with van der Waals surface area (Å²) >= 11 is 0. The number of carbonyl (C=O) groups excluding carboxylic acids is 1. The quantitative estimate of drug-likeness (QED) is 0.792. The van der Waals surface area contributed by atoms with E-state index in [0.29, 0.717) is 17.1 Å². The molecule has 1 aromatic carbocycles. The molecule has 1 N–H and O–H groups in total. The number of ether oxygens (including phenoxy) is 1. The Labute approximate surface area is 91.8 Å². The fourth-order valence-corrected chi connectivity index (χ4v) is 1.68. The highest BCUT2D eigenvalue weighted by molar-refractivity contribution is 5.97. The van der Waals surface area contributed by atoms with Crippen LogP contribution in [0.1, 0.15) is 22.3 Å². The molecule has 1 amide bonds. The molecule has 0 fully saturated rings. The molecule has 1 aliphatic heterocycles. The number of nitrogens with one attached hydrogen (secondary N) is 1. The van der Waals surface area contributed by atoms with E-state index >= 15 is 0 Å². The molecular weight excluding hydrogens is 206 g/mol. The van der Waals surface area contributed by atoms with E-state index in [1.165, 1.54) is 0 Å². The molecule has 2 heterocycles. The highest BCUT2D eigenvalue weighted by Gasteiger charge is 2.27. The predicted octanol–water partition coefficient (Wildman–Crippen LogP) is 2.10. The Morgan fingerprint density at radius 3 is 2.81 bits per heavy atom. The van der Waals surface area contributed by atoms with Crippen LogP contribution >= 0.6 is 0 Å². The lowest BCUT2D eigenvalue weighted by molar-refractivity contribution is 0.0708. The second kappa shape index (κ2) is 3.41. The van der Waals surface area contributed by atoms with Crippen LogP contribution in [-0.2, 0) is 0 Å². The molecule has 1 aromatic heterocycles. The van der Waals surface area contributed by atoms with Gasteiger partial charge in [0.15, 0.2) is 5.76 Å². The second-order valence-electron chi connectivity index (χ2n) is 3.48. The third-order valence-electron chi connectivity index (χ3n) is 2.44. The van der Waals surface area contributed by atoms with Gasteiger partial charge in [-0.2, -0.15) is 0 Å². The van der Waals surface area contributed by atoms with Crippen LogP contribution in [0.4, 0.5) is 0 Å². The van der Waals surface area contributed by atoms with Gasteiger partial charge in [-0.05, 0) is 24.3 Å². The number of rotatable bonds is 1. The Hall–Kier alpha value is -2.23. The van der Waals surface area contributed by atoms with Gasteiger partial charge in [0, 0.05) is 0 Å². The van der Waals surface area contributed by atoms with E-state index in [1.807, 2.05) is 6.07 Å². The summed E-state index contributed by atoms with van der Waals surface area (Å²) < 4.78 is 10.8. The summed E-state index contributed by atoms with van der Waals surface area (Å²) in [4.78, 5) is 11.8. The first kappa shape index (κ1) is 9.03. The van der Waals surface area contributed by atoms with Gasteiger partial charge < -0.3 is 14.5 Å². The Morgan fingerprint density at radius 2 is 2.00 bits per heavy atom. The molecule has 1 aliphatic rings. The molecule has 80 valence electrons. The number of hydrogen-bond acceptors (Lipinski definition) is 3. The van der Waals surface area contributed by atoms with Crippen LogP contribution in [0.15, 0.2) is 47.1 Å². The van der Waals surface area contributed by atoms with Gasteiger partial charge in [0.25, 0.3) is 5.91 Å². The molecule has 4 nitrogen and oxygen atoms in total. The third-order valence-corrected chi connectivity index (χ3v) is 2.44. The van der Waals surface area contributed by atoms with Gasteiger partial charge in [0.05, 0.1) is 11.8 Å². The summed E-state index contributed by atoms with van der Waals surface area (Å²) in [5.74, 6) is 1.01. The molecule has 3 rings (SSSR count). The van der Waals surface area contributed by atoms with E-state index in [1.54, 1.807) is 36.6 Å². The normalized spacial score (nSPS) is 18.5. The van der Waals surface area contributed by atoms with Gasteiger partial charge in [0.1, 0.15) is 5.75 Å². The molecule has 0 radical (unpaired) electrons. The molecular formula is C12H9NO3. The lowest BCUT2D eigenvalue weighted by Gasteiger charge is -2.24. The van der Waals surface area contributed by atoms with Gasteiger partial charge in [-0.15, -0.1) is 0 Å². The minimum absolute atomic E-state index is 0.150. The first-order chi connectivity index (χ1) is 7.84. The van der Waals surface area contributed by atoms with E-state index in [-0.39, 0.29) is 5.91 Å². The molecule has 16 heavy (non-hydrogen) atoms. The van der Waals surface area contributed by atoms with E-state index in [0.717, 1.165) is 0 Å².